The molecule has 0 bridgehead atoms. The quantitative estimate of drug-likeness (QED) is 0.782. The van der Waals surface area contributed by atoms with E-state index >= 15 is 0 Å². The van der Waals surface area contributed by atoms with Gasteiger partial charge < -0.3 is 10.4 Å². The van der Waals surface area contributed by atoms with Crippen molar-refractivity contribution in [3.05, 3.63) is 71.3 Å². The Hall–Kier alpha value is -2.83. The summed E-state index contributed by atoms with van der Waals surface area (Å²) < 4.78 is 38.2. The molecule has 138 valence electrons. The van der Waals surface area contributed by atoms with Crippen LogP contribution in [0.2, 0.25) is 0 Å². The Balaban J connectivity index is 1.98. The molecule has 2 aromatic carbocycles. The molecule has 4 nitrogen and oxygen atoms in total. The zero-order valence-corrected chi connectivity index (χ0v) is 13.8. The first kappa shape index (κ1) is 19.5. The van der Waals surface area contributed by atoms with Crippen LogP contribution in [0.15, 0.2) is 54.6 Å². The zero-order valence-electron chi connectivity index (χ0n) is 13.8. The second kappa shape index (κ2) is 8.51. The highest BCUT2D eigenvalue weighted by molar-refractivity contribution is 5.96. The summed E-state index contributed by atoms with van der Waals surface area (Å²) in [6.07, 6.45) is -3.24. The monoisotopic (exact) mass is 365 g/mol. The summed E-state index contributed by atoms with van der Waals surface area (Å²) in [5, 5.41) is 11.5. The molecule has 0 aliphatic carbocycles. The highest BCUT2D eigenvalue weighted by Crippen LogP contribution is 2.29. The summed E-state index contributed by atoms with van der Waals surface area (Å²) in [7, 11) is 0. The number of carbonyl (C=O) groups is 2. The summed E-state index contributed by atoms with van der Waals surface area (Å²) in [5.74, 6) is -2.07. The molecule has 1 atom stereocenters. The van der Waals surface area contributed by atoms with E-state index in [1.54, 1.807) is 0 Å². The SMILES string of the molecule is O=C(N[C@H](CCCc1ccccc1)C(=O)O)c1cccc(C(F)(F)F)c1. The van der Waals surface area contributed by atoms with Gasteiger partial charge in [0.15, 0.2) is 0 Å². The standard InChI is InChI=1S/C19H18F3NO3/c20-19(21,22)15-10-5-9-14(12-15)17(24)23-16(18(25)26)11-4-8-13-6-2-1-3-7-13/h1-3,5-7,9-10,12,16H,4,8,11H2,(H,23,24)(H,25,26)/t16-/m1/s1. The molecule has 0 saturated heterocycles. The maximum absolute atomic E-state index is 12.7. The molecule has 0 fully saturated rings. The van der Waals surface area contributed by atoms with Crippen LogP contribution in [0, 0.1) is 0 Å². The maximum Gasteiger partial charge on any atom is 0.416 e. The van der Waals surface area contributed by atoms with E-state index in [0.29, 0.717) is 18.9 Å². The number of alkyl halides is 3. The summed E-state index contributed by atoms with van der Waals surface area (Å²) >= 11 is 0. The molecular weight excluding hydrogens is 347 g/mol. The van der Waals surface area contributed by atoms with Crippen LogP contribution in [-0.4, -0.2) is 23.0 Å². The highest BCUT2D eigenvalue weighted by Gasteiger charge is 2.31. The van der Waals surface area contributed by atoms with Gasteiger partial charge in [-0.1, -0.05) is 36.4 Å². The molecule has 2 N–H and O–H groups in total. The van der Waals surface area contributed by atoms with Gasteiger partial charge in [-0.2, -0.15) is 13.2 Å². The van der Waals surface area contributed by atoms with E-state index in [0.717, 1.165) is 17.7 Å². The van der Waals surface area contributed by atoms with Crippen molar-refractivity contribution in [1.29, 1.82) is 0 Å². The number of amides is 1. The highest BCUT2D eigenvalue weighted by atomic mass is 19.4. The minimum absolute atomic E-state index is 0.176. The lowest BCUT2D eigenvalue weighted by Crippen LogP contribution is -2.40. The lowest BCUT2D eigenvalue weighted by Gasteiger charge is -2.15. The van der Waals surface area contributed by atoms with Crippen LogP contribution in [0.1, 0.15) is 34.3 Å². The van der Waals surface area contributed by atoms with Gasteiger partial charge >= 0.3 is 12.1 Å². The van der Waals surface area contributed by atoms with Crippen molar-refractivity contribution in [2.75, 3.05) is 0 Å². The van der Waals surface area contributed by atoms with Crippen LogP contribution in [0.3, 0.4) is 0 Å². The molecule has 0 aromatic heterocycles. The van der Waals surface area contributed by atoms with E-state index < -0.39 is 29.7 Å². The maximum atomic E-state index is 12.7. The van der Waals surface area contributed by atoms with Gasteiger partial charge in [-0.25, -0.2) is 4.79 Å². The first-order valence-corrected chi connectivity index (χ1v) is 8.02. The molecule has 7 heteroatoms. The fourth-order valence-corrected chi connectivity index (χ4v) is 2.49. The van der Waals surface area contributed by atoms with Crippen LogP contribution in [-0.2, 0) is 17.4 Å². The molecule has 1 amide bonds. The first-order valence-electron chi connectivity index (χ1n) is 8.02. The molecule has 26 heavy (non-hydrogen) atoms. The Labute approximate surface area is 148 Å². The third-order valence-corrected chi connectivity index (χ3v) is 3.86. The molecule has 0 saturated carbocycles. The van der Waals surface area contributed by atoms with Crippen LogP contribution in [0.4, 0.5) is 13.2 Å². The van der Waals surface area contributed by atoms with Gasteiger partial charge in [0.25, 0.3) is 5.91 Å². The van der Waals surface area contributed by atoms with Crippen LogP contribution in [0.25, 0.3) is 0 Å². The number of aliphatic carboxylic acids is 1. The molecule has 2 aromatic rings. The van der Waals surface area contributed by atoms with Gasteiger partial charge in [-0.15, -0.1) is 0 Å². The van der Waals surface area contributed by atoms with E-state index in [1.807, 2.05) is 30.3 Å². The average molecular weight is 365 g/mol. The van der Waals surface area contributed by atoms with Gasteiger partial charge in [0.2, 0.25) is 0 Å². The lowest BCUT2D eigenvalue weighted by molar-refractivity contribution is -0.139. The molecule has 0 heterocycles. The fraction of sp³-hybridized carbons (Fsp3) is 0.263. The predicted octanol–water partition coefficient (Wildman–Crippen LogP) is 3.91. The topological polar surface area (TPSA) is 66.4 Å². The van der Waals surface area contributed by atoms with Crippen molar-refractivity contribution in [2.24, 2.45) is 0 Å². The van der Waals surface area contributed by atoms with E-state index in [1.165, 1.54) is 6.07 Å². The number of carboxylic acid groups (broad SMARTS) is 1. The van der Waals surface area contributed by atoms with Gasteiger partial charge in [-0.3, -0.25) is 4.79 Å². The molecule has 0 unspecified atom stereocenters. The third-order valence-electron chi connectivity index (χ3n) is 3.86. The third kappa shape index (κ3) is 5.61. The summed E-state index contributed by atoms with van der Waals surface area (Å²) in [6.45, 7) is 0. The normalized spacial score (nSPS) is 12.4. The first-order chi connectivity index (χ1) is 12.3. The van der Waals surface area contributed by atoms with Crippen molar-refractivity contribution >= 4 is 11.9 Å². The molecule has 2 rings (SSSR count). The molecule has 0 spiro atoms. The van der Waals surface area contributed by atoms with E-state index in [-0.39, 0.29) is 12.0 Å². The number of benzene rings is 2. The number of aryl methyl sites for hydroxylation is 1. The molecule has 0 aliphatic rings. The van der Waals surface area contributed by atoms with Gasteiger partial charge in [0, 0.05) is 5.56 Å². The van der Waals surface area contributed by atoms with Crippen molar-refractivity contribution in [1.82, 2.24) is 5.32 Å². The number of hydrogen-bond acceptors (Lipinski definition) is 2. The fourth-order valence-electron chi connectivity index (χ4n) is 2.49. The minimum Gasteiger partial charge on any atom is -0.480 e. The Morgan fingerprint density at radius 3 is 2.35 bits per heavy atom. The summed E-state index contributed by atoms with van der Waals surface area (Å²) in [6, 6.07) is 12.2. The number of hydrogen-bond donors (Lipinski definition) is 2. The second-order valence-corrected chi connectivity index (χ2v) is 5.82. The van der Waals surface area contributed by atoms with Gasteiger partial charge in [0.1, 0.15) is 6.04 Å². The van der Waals surface area contributed by atoms with E-state index in [2.05, 4.69) is 5.32 Å². The number of carboxylic acids is 1. The molecule has 0 radical (unpaired) electrons. The smallest absolute Gasteiger partial charge is 0.416 e. The summed E-state index contributed by atoms with van der Waals surface area (Å²) in [5.41, 5.74) is -0.143. The van der Waals surface area contributed by atoms with Gasteiger partial charge in [0.05, 0.1) is 5.56 Å². The van der Waals surface area contributed by atoms with Crippen LogP contribution in [0.5, 0.6) is 0 Å². The molecular formula is C19H18F3NO3. The van der Waals surface area contributed by atoms with E-state index in [9.17, 15) is 27.9 Å². The number of nitrogens with one attached hydrogen (secondary N) is 1. The number of rotatable bonds is 7. The largest absolute Gasteiger partial charge is 0.480 e. The van der Waals surface area contributed by atoms with Crippen LogP contribution >= 0.6 is 0 Å². The Morgan fingerprint density at radius 1 is 1.04 bits per heavy atom. The Kier molecular flexibility index (Phi) is 6.38. The van der Waals surface area contributed by atoms with Crippen molar-refractivity contribution in [3.8, 4) is 0 Å². The predicted molar refractivity (Wildman–Crippen MR) is 89.7 cm³/mol. The Morgan fingerprint density at radius 2 is 1.73 bits per heavy atom. The van der Waals surface area contributed by atoms with E-state index in [4.69, 9.17) is 0 Å². The summed E-state index contributed by atoms with van der Waals surface area (Å²) in [4.78, 5) is 23.5. The Bertz CT molecular complexity index is 760. The average Bonchev–Trinajstić information content (AvgIpc) is 2.61. The number of carbonyl (C=O) groups excluding carboxylic acids is 1. The van der Waals surface area contributed by atoms with Crippen molar-refractivity contribution < 1.29 is 27.9 Å². The van der Waals surface area contributed by atoms with Crippen LogP contribution < -0.4 is 5.32 Å². The van der Waals surface area contributed by atoms with Gasteiger partial charge in [-0.05, 0) is 43.0 Å². The zero-order chi connectivity index (χ0) is 19.2. The second-order valence-electron chi connectivity index (χ2n) is 5.82. The lowest BCUT2D eigenvalue weighted by atomic mass is 10.0. The van der Waals surface area contributed by atoms with Crippen molar-refractivity contribution in [2.45, 2.75) is 31.5 Å². The van der Waals surface area contributed by atoms with Crippen molar-refractivity contribution in [3.63, 3.8) is 0 Å². The number of halogens is 3. The minimum atomic E-state index is -4.57. The molecule has 0 aliphatic heterocycles.